The number of carbonyl (C=O) groups is 2. The summed E-state index contributed by atoms with van der Waals surface area (Å²) >= 11 is 17.9. The van der Waals surface area contributed by atoms with Crippen LogP contribution in [0.15, 0.2) is 12.1 Å². The van der Waals surface area contributed by atoms with Gasteiger partial charge in [-0.25, -0.2) is 0 Å². The first-order valence-electron chi connectivity index (χ1n) is 7.71. The van der Waals surface area contributed by atoms with Crippen molar-refractivity contribution in [2.24, 2.45) is 5.92 Å². The SMILES string of the molecule is CCOC(=O)CN(CC(=O)Nc1cc(Cl)c(Cl)cc1Cl)CC1CC1. The van der Waals surface area contributed by atoms with Gasteiger partial charge in [0, 0.05) is 6.54 Å². The number of amides is 1. The summed E-state index contributed by atoms with van der Waals surface area (Å²) in [5.41, 5.74) is 0.388. The number of hydrogen-bond acceptors (Lipinski definition) is 4. The standard InChI is InChI=1S/C16H19Cl3N2O3/c1-2-24-16(23)9-21(7-10-3-4-10)8-15(22)20-14-6-12(18)11(17)5-13(14)19/h5-6,10H,2-4,7-9H2,1H3,(H,20,22). The maximum Gasteiger partial charge on any atom is 0.320 e. The highest BCUT2D eigenvalue weighted by molar-refractivity contribution is 6.44. The smallest absolute Gasteiger partial charge is 0.320 e. The van der Waals surface area contributed by atoms with E-state index in [0.717, 1.165) is 12.8 Å². The van der Waals surface area contributed by atoms with E-state index >= 15 is 0 Å². The van der Waals surface area contributed by atoms with Crippen molar-refractivity contribution in [1.82, 2.24) is 4.90 Å². The molecule has 1 aliphatic rings. The van der Waals surface area contributed by atoms with Gasteiger partial charge in [-0.1, -0.05) is 34.8 Å². The van der Waals surface area contributed by atoms with Crippen LogP contribution in [-0.2, 0) is 14.3 Å². The molecule has 0 radical (unpaired) electrons. The van der Waals surface area contributed by atoms with E-state index in [1.54, 1.807) is 11.8 Å². The van der Waals surface area contributed by atoms with Crippen LogP contribution in [0.25, 0.3) is 0 Å². The van der Waals surface area contributed by atoms with Crippen LogP contribution in [0.3, 0.4) is 0 Å². The van der Waals surface area contributed by atoms with E-state index in [9.17, 15) is 9.59 Å². The van der Waals surface area contributed by atoms with Crippen LogP contribution in [0.5, 0.6) is 0 Å². The Bertz CT molecular complexity index is 621. The molecule has 0 spiro atoms. The van der Waals surface area contributed by atoms with E-state index in [-0.39, 0.29) is 25.0 Å². The first-order chi connectivity index (χ1) is 11.4. The van der Waals surface area contributed by atoms with Crippen LogP contribution in [-0.4, -0.2) is 43.0 Å². The number of nitrogens with one attached hydrogen (secondary N) is 1. The van der Waals surface area contributed by atoms with Crippen LogP contribution >= 0.6 is 34.8 Å². The van der Waals surface area contributed by atoms with E-state index < -0.39 is 0 Å². The minimum Gasteiger partial charge on any atom is -0.465 e. The Morgan fingerprint density at radius 2 is 1.83 bits per heavy atom. The fourth-order valence-corrected chi connectivity index (χ4v) is 2.85. The van der Waals surface area contributed by atoms with E-state index in [2.05, 4.69) is 5.32 Å². The fraction of sp³-hybridized carbons (Fsp3) is 0.500. The van der Waals surface area contributed by atoms with Gasteiger partial charge in [-0.2, -0.15) is 0 Å². The van der Waals surface area contributed by atoms with Gasteiger partial charge in [0.25, 0.3) is 0 Å². The van der Waals surface area contributed by atoms with Crippen molar-refractivity contribution in [2.75, 3.05) is 31.6 Å². The van der Waals surface area contributed by atoms with Crippen LogP contribution < -0.4 is 5.32 Å². The van der Waals surface area contributed by atoms with Gasteiger partial charge in [0.1, 0.15) is 0 Å². The Labute approximate surface area is 156 Å². The van der Waals surface area contributed by atoms with E-state index in [1.165, 1.54) is 12.1 Å². The number of benzene rings is 1. The molecule has 0 aliphatic heterocycles. The molecular formula is C16H19Cl3N2O3. The highest BCUT2D eigenvalue weighted by Gasteiger charge is 2.26. The summed E-state index contributed by atoms with van der Waals surface area (Å²) in [5, 5.41) is 3.62. The average molecular weight is 394 g/mol. The molecule has 1 saturated carbocycles. The van der Waals surface area contributed by atoms with Crippen LogP contribution in [0.4, 0.5) is 5.69 Å². The molecule has 1 N–H and O–H groups in total. The predicted octanol–water partition coefficient (Wildman–Crippen LogP) is 3.86. The molecule has 0 saturated heterocycles. The van der Waals surface area contributed by atoms with Gasteiger partial charge in [0.05, 0.1) is 40.5 Å². The van der Waals surface area contributed by atoms with E-state index in [0.29, 0.717) is 39.8 Å². The molecule has 5 nitrogen and oxygen atoms in total. The number of halogens is 3. The maximum atomic E-state index is 12.3. The molecule has 0 aromatic heterocycles. The molecule has 1 aliphatic carbocycles. The summed E-state index contributed by atoms with van der Waals surface area (Å²) < 4.78 is 4.96. The molecule has 24 heavy (non-hydrogen) atoms. The molecule has 1 aromatic carbocycles. The lowest BCUT2D eigenvalue weighted by Gasteiger charge is -2.20. The van der Waals surface area contributed by atoms with Crippen molar-refractivity contribution < 1.29 is 14.3 Å². The Kier molecular flexibility index (Phi) is 7.16. The molecule has 2 rings (SSSR count). The van der Waals surface area contributed by atoms with Crippen LogP contribution in [0.2, 0.25) is 15.1 Å². The number of rotatable bonds is 8. The molecule has 0 bridgehead atoms. The third-order valence-corrected chi connectivity index (χ3v) is 4.56. The molecule has 0 unspecified atom stereocenters. The molecular weight excluding hydrogens is 375 g/mol. The van der Waals surface area contributed by atoms with E-state index in [4.69, 9.17) is 39.5 Å². The third kappa shape index (κ3) is 6.13. The molecule has 0 heterocycles. The lowest BCUT2D eigenvalue weighted by atomic mass is 10.3. The minimum absolute atomic E-state index is 0.0753. The first-order valence-corrected chi connectivity index (χ1v) is 8.84. The van der Waals surface area contributed by atoms with Gasteiger partial charge in [0.2, 0.25) is 5.91 Å². The van der Waals surface area contributed by atoms with Crippen molar-refractivity contribution >= 4 is 52.4 Å². The monoisotopic (exact) mass is 392 g/mol. The molecule has 1 fully saturated rings. The fourth-order valence-electron chi connectivity index (χ4n) is 2.25. The largest absolute Gasteiger partial charge is 0.465 e. The second kappa shape index (κ2) is 8.90. The maximum absolute atomic E-state index is 12.3. The lowest BCUT2D eigenvalue weighted by Crippen LogP contribution is -2.38. The second-order valence-electron chi connectivity index (χ2n) is 5.71. The topological polar surface area (TPSA) is 58.6 Å². The summed E-state index contributed by atoms with van der Waals surface area (Å²) in [5.74, 6) is -0.0699. The molecule has 1 amide bonds. The lowest BCUT2D eigenvalue weighted by molar-refractivity contribution is -0.144. The van der Waals surface area contributed by atoms with Gasteiger partial charge in [0.15, 0.2) is 0 Å². The zero-order valence-electron chi connectivity index (χ0n) is 13.3. The Morgan fingerprint density at radius 3 is 2.46 bits per heavy atom. The second-order valence-corrected chi connectivity index (χ2v) is 6.93. The summed E-state index contributed by atoms with van der Waals surface area (Å²) in [4.78, 5) is 25.7. The van der Waals surface area contributed by atoms with Crippen LogP contribution in [0.1, 0.15) is 19.8 Å². The van der Waals surface area contributed by atoms with Crippen molar-refractivity contribution in [3.05, 3.63) is 27.2 Å². The number of anilines is 1. The predicted molar refractivity (Wildman–Crippen MR) is 95.9 cm³/mol. The van der Waals surface area contributed by atoms with Gasteiger partial charge in [-0.05, 0) is 37.8 Å². The first kappa shape index (κ1) is 19.3. The molecule has 1 aromatic rings. The number of nitrogens with zero attached hydrogens (tertiary/aromatic N) is 1. The number of hydrogen-bond donors (Lipinski definition) is 1. The molecule has 132 valence electrons. The zero-order valence-corrected chi connectivity index (χ0v) is 15.5. The van der Waals surface area contributed by atoms with Crippen molar-refractivity contribution in [2.45, 2.75) is 19.8 Å². The molecule has 0 atom stereocenters. The summed E-state index contributed by atoms with van der Waals surface area (Å²) in [7, 11) is 0. The van der Waals surface area contributed by atoms with Gasteiger partial charge >= 0.3 is 5.97 Å². The average Bonchev–Trinajstić information content (AvgIpc) is 3.28. The number of ether oxygens (including phenoxy) is 1. The molecule has 8 heteroatoms. The van der Waals surface area contributed by atoms with Crippen LogP contribution in [0, 0.1) is 5.92 Å². The van der Waals surface area contributed by atoms with Crippen molar-refractivity contribution in [3.63, 3.8) is 0 Å². The quantitative estimate of drug-likeness (QED) is 0.538. The number of carbonyl (C=O) groups excluding carboxylic acids is 2. The van der Waals surface area contributed by atoms with Crippen molar-refractivity contribution in [1.29, 1.82) is 0 Å². The zero-order chi connectivity index (χ0) is 17.7. The van der Waals surface area contributed by atoms with Gasteiger partial charge in [-0.15, -0.1) is 0 Å². The Balaban J connectivity index is 1.96. The minimum atomic E-state index is -0.335. The number of esters is 1. The van der Waals surface area contributed by atoms with Gasteiger partial charge < -0.3 is 10.1 Å². The van der Waals surface area contributed by atoms with E-state index in [1.807, 2.05) is 0 Å². The third-order valence-electron chi connectivity index (χ3n) is 3.52. The highest BCUT2D eigenvalue weighted by atomic mass is 35.5. The normalized spacial score (nSPS) is 13.9. The summed E-state index contributed by atoms with van der Waals surface area (Å²) in [6.07, 6.45) is 2.25. The van der Waals surface area contributed by atoms with Gasteiger partial charge in [-0.3, -0.25) is 14.5 Å². The Hall–Kier alpha value is -1.01. The Morgan fingerprint density at radius 1 is 1.17 bits per heavy atom. The summed E-state index contributed by atoms with van der Waals surface area (Å²) in [6, 6.07) is 2.97. The summed E-state index contributed by atoms with van der Waals surface area (Å²) in [6.45, 7) is 2.93. The highest BCUT2D eigenvalue weighted by Crippen LogP contribution is 2.32. The van der Waals surface area contributed by atoms with Crippen molar-refractivity contribution in [3.8, 4) is 0 Å².